The van der Waals surface area contributed by atoms with Gasteiger partial charge in [0.1, 0.15) is 5.78 Å². The summed E-state index contributed by atoms with van der Waals surface area (Å²) < 4.78 is 0. The number of hydrogen-bond acceptors (Lipinski definition) is 2. The first-order valence-electron chi connectivity index (χ1n) is 6.99. The van der Waals surface area contributed by atoms with Crippen LogP contribution < -0.4 is 0 Å². The number of benzene rings is 1. The molecule has 0 fully saturated rings. The monoisotopic (exact) mass is 259 g/mol. The minimum Gasteiger partial charge on any atom is -0.300 e. The third kappa shape index (κ3) is 4.30. The highest BCUT2D eigenvalue weighted by atomic mass is 16.1. The number of Topliss-reactive ketones (excluding diaryl/α,β-unsaturated/α-hetero) is 1. The maximum atomic E-state index is 11.2. The molecule has 0 aliphatic heterocycles. The van der Waals surface area contributed by atoms with Crippen LogP contribution in [0.5, 0.6) is 0 Å². The van der Waals surface area contributed by atoms with Crippen LogP contribution >= 0.6 is 0 Å². The number of nitrogens with zero attached hydrogens (tertiary/aromatic N) is 1. The smallest absolute Gasteiger partial charge is 0.135 e. The largest absolute Gasteiger partial charge is 0.300 e. The minimum atomic E-state index is 0.161. The molecule has 0 saturated carbocycles. The Morgan fingerprint density at radius 1 is 1.05 bits per heavy atom. The van der Waals surface area contributed by atoms with Gasteiger partial charge in [-0.25, -0.2) is 0 Å². The summed E-state index contributed by atoms with van der Waals surface area (Å²) in [5, 5.41) is 0. The Balaban J connectivity index is 3.32. The Hall–Kier alpha value is -1.44. The van der Waals surface area contributed by atoms with Gasteiger partial charge in [-0.2, -0.15) is 0 Å². The molecule has 1 rings (SSSR count). The molecule has 0 spiro atoms. The second kappa shape index (κ2) is 6.65. The molecule has 2 heteroatoms. The highest BCUT2D eigenvalue weighted by Crippen LogP contribution is 2.34. The number of carbonyl (C=O) groups is 1. The average Bonchev–Trinajstić information content (AvgIpc) is 2.27. The first-order valence-corrected chi connectivity index (χ1v) is 6.99. The van der Waals surface area contributed by atoms with Crippen LogP contribution in [0.4, 0.5) is 5.69 Å². The van der Waals surface area contributed by atoms with Gasteiger partial charge in [0, 0.05) is 12.1 Å². The fourth-order valence-corrected chi connectivity index (χ4v) is 2.23. The number of ketones is 1. The molecular formula is C17H25NO. The van der Waals surface area contributed by atoms with E-state index in [1.807, 2.05) is 6.92 Å². The third-order valence-corrected chi connectivity index (χ3v) is 3.15. The Labute approximate surface area is 117 Å². The van der Waals surface area contributed by atoms with Crippen molar-refractivity contribution in [1.82, 2.24) is 0 Å². The number of hydrogen-bond donors (Lipinski definition) is 0. The van der Waals surface area contributed by atoms with E-state index in [1.165, 1.54) is 11.1 Å². The normalized spacial score (nSPS) is 12.3. The van der Waals surface area contributed by atoms with E-state index < -0.39 is 0 Å². The SMILES string of the molecule is CC(=O)CC(C)=Nc1c(C(C)C)cccc1C(C)C. The number of rotatable bonds is 5. The van der Waals surface area contributed by atoms with Crippen molar-refractivity contribution in [3.8, 4) is 0 Å². The predicted octanol–water partition coefficient (Wildman–Crippen LogP) is 5.00. The van der Waals surface area contributed by atoms with Crippen LogP contribution in [-0.4, -0.2) is 11.5 Å². The molecule has 0 atom stereocenters. The minimum absolute atomic E-state index is 0.161. The van der Waals surface area contributed by atoms with Crippen molar-refractivity contribution in [1.29, 1.82) is 0 Å². The Morgan fingerprint density at radius 2 is 1.53 bits per heavy atom. The van der Waals surface area contributed by atoms with Crippen molar-refractivity contribution in [3.05, 3.63) is 29.3 Å². The second-order valence-electron chi connectivity index (χ2n) is 5.82. The fraction of sp³-hybridized carbons (Fsp3) is 0.529. The molecule has 0 heterocycles. The molecule has 0 unspecified atom stereocenters. The van der Waals surface area contributed by atoms with Gasteiger partial charge in [0.05, 0.1) is 5.69 Å². The van der Waals surface area contributed by atoms with Crippen LogP contribution in [0.1, 0.15) is 70.9 Å². The summed E-state index contributed by atoms with van der Waals surface area (Å²) in [6.07, 6.45) is 0.434. The molecule has 19 heavy (non-hydrogen) atoms. The van der Waals surface area contributed by atoms with Gasteiger partial charge in [-0.1, -0.05) is 45.9 Å². The predicted molar refractivity (Wildman–Crippen MR) is 82.7 cm³/mol. The summed E-state index contributed by atoms with van der Waals surface area (Å²) in [5.41, 5.74) is 4.47. The molecular weight excluding hydrogens is 234 g/mol. The molecule has 0 bridgehead atoms. The molecule has 0 aliphatic carbocycles. The fourth-order valence-electron chi connectivity index (χ4n) is 2.23. The van der Waals surface area contributed by atoms with Crippen LogP contribution in [0.25, 0.3) is 0 Å². The molecule has 104 valence electrons. The van der Waals surface area contributed by atoms with Crippen molar-refractivity contribution < 1.29 is 4.79 Å². The second-order valence-corrected chi connectivity index (χ2v) is 5.82. The standard InChI is InChI=1S/C17H25NO/c1-11(2)15-8-7-9-16(12(3)4)17(15)18-13(5)10-14(6)19/h7-9,11-12H,10H2,1-6H3. The van der Waals surface area contributed by atoms with E-state index in [9.17, 15) is 4.79 Å². The van der Waals surface area contributed by atoms with Gasteiger partial charge in [0.25, 0.3) is 0 Å². The summed E-state index contributed by atoms with van der Waals surface area (Å²) >= 11 is 0. The molecule has 0 radical (unpaired) electrons. The first kappa shape index (κ1) is 15.6. The molecule has 1 aromatic carbocycles. The molecule has 0 saturated heterocycles. The van der Waals surface area contributed by atoms with E-state index in [0.717, 1.165) is 11.4 Å². The van der Waals surface area contributed by atoms with Crippen molar-refractivity contribution in [2.24, 2.45) is 4.99 Å². The maximum absolute atomic E-state index is 11.2. The zero-order valence-corrected chi connectivity index (χ0v) is 12.9. The first-order chi connectivity index (χ1) is 8.82. The highest BCUT2D eigenvalue weighted by molar-refractivity contribution is 6.01. The van der Waals surface area contributed by atoms with E-state index in [2.05, 4.69) is 45.9 Å². The number of carbonyl (C=O) groups excluding carboxylic acids is 1. The number of para-hydroxylation sites is 1. The summed E-state index contributed by atoms with van der Waals surface area (Å²) in [4.78, 5) is 15.9. The number of aliphatic imine (C=N–C) groups is 1. The topological polar surface area (TPSA) is 29.4 Å². The Bertz CT molecular complexity index is 458. The lowest BCUT2D eigenvalue weighted by atomic mass is 9.93. The lowest BCUT2D eigenvalue weighted by molar-refractivity contribution is -0.115. The maximum Gasteiger partial charge on any atom is 0.135 e. The van der Waals surface area contributed by atoms with Crippen LogP contribution in [0.15, 0.2) is 23.2 Å². The van der Waals surface area contributed by atoms with Crippen molar-refractivity contribution in [2.45, 2.75) is 59.8 Å². The summed E-state index contributed by atoms with van der Waals surface area (Å²) in [5.74, 6) is 1.03. The van der Waals surface area contributed by atoms with Crippen molar-refractivity contribution in [2.75, 3.05) is 0 Å². The van der Waals surface area contributed by atoms with E-state index >= 15 is 0 Å². The molecule has 0 N–H and O–H groups in total. The lowest BCUT2D eigenvalue weighted by Gasteiger charge is -2.17. The van der Waals surface area contributed by atoms with Gasteiger partial charge < -0.3 is 0 Å². The van der Waals surface area contributed by atoms with E-state index in [4.69, 9.17) is 4.99 Å². The van der Waals surface area contributed by atoms with Gasteiger partial charge in [-0.05, 0) is 36.8 Å². The molecule has 0 amide bonds. The van der Waals surface area contributed by atoms with Gasteiger partial charge in [-0.3, -0.25) is 9.79 Å². The van der Waals surface area contributed by atoms with E-state index in [1.54, 1.807) is 6.92 Å². The van der Waals surface area contributed by atoms with Gasteiger partial charge >= 0.3 is 0 Å². The van der Waals surface area contributed by atoms with Gasteiger partial charge in [-0.15, -0.1) is 0 Å². The third-order valence-electron chi connectivity index (χ3n) is 3.15. The molecule has 0 aliphatic rings. The van der Waals surface area contributed by atoms with E-state index in [0.29, 0.717) is 18.3 Å². The summed E-state index contributed by atoms with van der Waals surface area (Å²) in [6, 6.07) is 6.37. The van der Waals surface area contributed by atoms with Gasteiger partial charge in [0.15, 0.2) is 0 Å². The van der Waals surface area contributed by atoms with Crippen LogP contribution in [-0.2, 0) is 4.79 Å². The van der Waals surface area contributed by atoms with Crippen LogP contribution in [0.3, 0.4) is 0 Å². The highest BCUT2D eigenvalue weighted by Gasteiger charge is 2.13. The molecule has 0 aromatic heterocycles. The zero-order chi connectivity index (χ0) is 14.6. The summed E-state index contributed by atoms with van der Waals surface area (Å²) in [6.45, 7) is 12.3. The van der Waals surface area contributed by atoms with Gasteiger partial charge in [0.2, 0.25) is 0 Å². The average molecular weight is 259 g/mol. The Kier molecular flexibility index (Phi) is 5.46. The van der Waals surface area contributed by atoms with Crippen LogP contribution in [0, 0.1) is 0 Å². The lowest BCUT2D eigenvalue weighted by Crippen LogP contribution is -2.01. The Morgan fingerprint density at radius 3 is 1.89 bits per heavy atom. The van der Waals surface area contributed by atoms with Crippen LogP contribution in [0.2, 0.25) is 0 Å². The molecule has 2 nitrogen and oxygen atoms in total. The summed E-state index contributed by atoms with van der Waals surface area (Å²) in [7, 11) is 0. The quantitative estimate of drug-likeness (QED) is 0.684. The zero-order valence-electron chi connectivity index (χ0n) is 12.9. The molecule has 1 aromatic rings. The van der Waals surface area contributed by atoms with Crippen molar-refractivity contribution in [3.63, 3.8) is 0 Å². The van der Waals surface area contributed by atoms with E-state index in [-0.39, 0.29) is 5.78 Å². The van der Waals surface area contributed by atoms with Crippen molar-refractivity contribution >= 4 is 17.2 Å².